The van der Waals surface area contributed by atoms with Crippen LogP contribution < -0.4 is 15.8 Å². The maximum absolute atomic E-state index is 5.47. The summed E-state index contributed by atoms with van der Waals surface area (Å²) >= 11 is 0. The normalized spacial score (nSPS) is 10.1. The van der Waals surface area contributed by atoms with Crippen LogP contribution in [0.3, 0.4) is 0 Å². The van der Waals surface area contributed by atoms with Crippen molar-refractivity contribution in [2.24, 2.45) is 5.73 Å². The van der Waals surface area contributed by atoms with Gasteiger partial charge in [0.1, 0.15) is 18.2 Å². The lowest BCUT2D eigenvalue weighted by atomic mass is 10.3. The molecule has 0 saturated heterocycles. The number of hydrogen-bond acceptors (Lipinski definition) is 4. The van der Waals surface area contributed by atoms with Gasteiger partial charge in [0.2, 0.25) is 0 Å². The molecule has 1 heterocycles. The van der Waals surface area contributed by atoms with E-state index in [0.717, 1.165) is 22.9 Å². The molecule has 4 nitrogen and oxygen atoms in total. The SMILES string of the molecule is Cc1cccc(Nc2cccc(OCCN)c2)n1. The lowest BCUT2D eigenvalue weighted by molar-refractivity contribution is 0.328. The summed E-state index contributed by atoms with van der Waals surface area (Å²) in [6.45, 7) is 3.00. The lowest BCUT2D eigenvalue weighted by Crippen LogP contribution is -2.10. The van der Waals surface area contributed by atoms with Crippen molar-refractivity contribution in [3.05, 3.63) is 48.2 Å². The van der Waals surface area contributed by atoms with Gasteiger partial charge in [-0.15, -0.1) is 0 Å². The Balaban J connectivity index is 2.09. The molecule has 0 aliphatic rings. The van der Waals surface area contributed by atoms with Gasteiger partial charge in [-0.3, -0.25) is 0 Å². The van der Waals surface area contributed by atoms with Crippen LogP contribution in [0.15, 0.2) is 42.5 Å². The van der Waals surface area contributed by atoms with E-state index in [0.29, 0.717) is 13.2 Å². The fourth-order valence-electron chi connectivity index (χ4n) is 1.60. The van der Waals surface area contributed by atoms with Crippen LogP contribution in [-0.4, -0.2) is 18.1 Å². The Morgan fingerprint density at radius 1 is 1.22 bits per heavy atom. The molecular formula is C14H17N3O. The van der Waals surface area contributed by atoms with Gasteiger partial charge in [0.15, 0.2) is 0 Å². The van der Waals surface area contributed by atoms with Crippen LogP contribution in [0.4, 0.5) is 11.5 Å². The van der Waals surface area contributed by atoms with E-state index in [1.807, 2.05) is 49.4 Å². The van der Waals surface area contributed by atoms with Gasteiger partial charge in [-0.05, 0) is 31.2 Å². The topological polar surface area (TPSA) is 60.2 Å². The average Bonchev–Trinajstić information content (AvgIpc) is 2.37. The van der Waals surface area contributed by atoms with E-state index in [2.05, 4.69) is 10.3 Å². The molecule has 0 atom stereocenters. The molecule has 0 radical (unpaired) electrons. The zero-order chi connectivity index (χ0) is 12.8. The smallest absolute Gasteiger partial charge is 0.130 e. The molecule has 3 N–H and O–H groups in total. The van der Waals surface area contributed by atoms with Crippen LogP contribution in [0, 0.1) is 6.92 Å². The van der Waals surface area contributed by atoms with Crippen LogP contribution in [0.2, 0.25) is 0 Å². The predicted octanol–water partition coefficient (Wildman–Crippen LogP) is 2.47. The number of nitrogens with two attached hydrogens (primary N) is 1. The van der Waals surface area contributed by atoms with Crippen molar-refractivity contribution in [3.63, 3.8) is 0 Å². The van der Waals surface area contributed by atoms with Crippen molar-refractivity contribution in [2.45, 2.75) is 6.92 Å². The molecule has 2 aromatic rings. The van der Waals surface area contributed by atoms with Gasteiger partial charge < -0.3 is 15.8 Å². The lowest BCUT2D eigenvalue weighted by Gasteiger charge is -2.09. The second-order valence-electron chi connectivity index (χ2n) is 3.95. The number of hydrogen-bond donors (Lipinski definition) is 2. The third kappa shape index (κ3) is 3.46. The van der Waals surface area contributed by atoms with Gasteiger partial charge in [0, 0.05) is 24.0 Å². The fourth-order valence-corrected chi connectivity index (χ4v) is 1.60. The minimum atomic E-state index is 0.511. The van der Waals surface area contributed by atoms with Gasteiger partial charge in [-0.2, -0.15) is 0 Å². The quantitative estimate of drug-likeness (QED) is 0.847. The minimum Gasteiger partial charge on any atom is -0.492 e. The van der Waals surface area contributed by atoms with Gasteiger partial charge in [-0.1, -0.05) is 12.1 Å². The number of aryl methyl sites for hydroxylation is 1. The summed E-state index contributed by atoms with van der Waals surface area (Å²) in [5, 5.41) is 3.24. The minimum absolute atomic E-state index is 0.511. The molecule has 0 fully saturated rings. The number of pyridine rings is 1. The van der Waals surface area contributed by atoms with Crippen molar-refractivity contribution in [1.82, 2.24) is 4.98 Å². The second-order valence-corrected chi connectivity index (χ2v) is 3.95. The molecule has 0 aliphatic carbocycles. The Labute approximate surface area is 107 Å². The number of ether oxygens (including phenoxy) is 1. The third-order valence-electron chi connectivity index (χ3n) is 2.38. The Hall–Kier alpha value is -2.07. The number of anilines is 2. The molecule has 1 aromatic carbocycles. The first-order valence-electron chi connectivity index (χ1n) is 5.91. The van der Waals surface area contributed by atoms with Gasteiger partial charge >= 0.3 is 0 Å². The van der Waals surface area contributed by atoms with Crippen molar-refractivity contribution in [1.29, 1.82) is 0 Å². The molecule has 0 spiro atoms. The number of aromatic nitrogens is 1. The Morgan fingerprint density at radius 2 is 2.06 bits per heavy atom. The standard InChI is InChI=1S/C14H17N3O/c1-11-4-2-7-14(16-11)17-12-5-3-6-13(10-12)18-9-8-15/h2-7,10H,8-9,15H2,1H3,(H,16,17). The van der Waals surface area contributed by atoms with Crippen molar-refractivity contribution < 1.29 is 4.74 Å². The van der Waals surface area contributed by atoms with Crippen LogP contribution in [0.25, 0.3) is 0 Å². The molecule has 2 rings (SSSR count). The van der Waals surface area contributed by atoms with Crippen LogP contribution in [0.5, 0.6) is 5.75 Å². The summed E-state index contributed by atoms with van der Waals surface area (Å²) in [7, 11) is 0. The van der Waals surface area contributed by atoms with Crippen LogP contribution >= 0.6 is 0 Å². The van der Waals surface area contributed by atoms with E-state index >= 15 is 0 Å². The van der Waals surface area contributed by atoms with Gasteiger partial charge in [0.05, 0.1) is 0 Å². The summed E-state index contributed by atoms with van der Waals surface area (Å²) in [6, 6.07) is 13.6. The van der Waals surface area contributed by atoms with E-state index in [1.54, 1.807) is 0 Å². The molecule has 18 heavy (non-hydrogen) atoms. The maximum atomic E-state index is 5.47. The first kappa shape index (κ1) is 12.4. The number of rotatable bonds is 5. The van der Waals surface area contributed by atoms with Gasteiger partial charge in [-0.25, -0.2) is 4.98 Å². The molecule has 0 saturated carbocycles. The second kappa shape index (κ2) is 6.02. The van der Waals surface area contributed by atoms with E-state index < -0.39 is 0 Å². The highest BCUT2D eigenvalue weighted by Gasteiger charge is 1.98. The molecule has 0 unspecified atom stereocenters. The first-order valence-corrected chi connectivity index (χ1v) is 5.91. The van der Waals surface area contributed by atoms with Gasteiger partial charge in [0.25, 0.3) is 0 Å². The zero-order valence-corrected chi connectivity index (χ0v) is 10.4. The summed E-state index contributed by atoms with van der Waals surface area (Å²) in [6.07, 6.45) is 0. The van der Waals surface area contributed by atoms with E-state index in [-0.39, 0.29) is 0 Å². The summed E-state index contributed by atoms with van der Waals surface area (Å²) in [5.41, 5.74) is 7.33. The Kier molecular flexibility index (Phi) is 4.15. The zero-order valence-electron chi connectivity index (χ0n) is 10.4. The molecule has 0 amide bonds. The van der Waals surface area contributed by atoms with Crippen molar-refractivity contribution in [3.8, 4) is 5.75 Å². The molecule has 4 heteroatoms. The van der Waals surface area contributed by atoms with Crippen molar-refractivity contribution >= 4 is 11.5 Å². The maximum Gasteiger partial charge on any atom is 0.130 e. The average molecular weight is 243 g/mol. The molecule has 0 bridgehead atoms. The first-order chi connectivity index (χ1) is 8.78. The number of nitrogens with one attached hydrogen (secondary N) is 1. The highest BCUT2D eigenvalue weighted by molar-refractivity contribution is 5.58. The largest absolute Gasteiger partial charge is 0.492 e. The Bertz CT molecular complexity index is 514. The Morgan fingerprint density at radius 3 is 2.83 bits per heavy atom. The van der Waals surface area contributed by atoms with E-state index in [4.69, 9.17) is 10.5 Å². The molecular weight excluding hydrogens is 226 g/mol. The molecule has 0 aliphatic heterocycles. The summed E-state index contributed by atoms with van der Waals surface area (Å²) in [4.78, 5) is 4.39. The fraction of sp³-hybridized carbons (Fsp3) is 0.214. The van der Waals surface area contributed by atoms with E-state index in [9.17, 15) is 0 Å². The van der Waals surface area contributed by atoms with E-state index in [1.165, 1.54) is 0 Å². The summed E-state index contributed by atoms with van der Waals surface area (Å²) in [5.74, 6) is 1.63. The van der Waals surface area contributed by atoms with Crippen LogP contribution in [-0.2, 0) is 0 Å². The number of nitrogens with zero attached hydrogens (tertiary/aromatic N) is 1. The van der Waals surface area contributed by atoms with Crippen LogP contribution in [0.1, 0.15) is 5.69 Å². The highest BCUT2D eigenvalue weighted by atomic mass is 16.5. The monoisotopic (exact) mass is 243 g/mol. The summed E-state index contributed by atoms with van der Waals surface area (Å²) < 4.78 is 5.47. The predicted molar refractivity (Wildman–Crippen MR) is 73.2 cm³/mol. The molecule has 94 valence electrons. The molecule has 1 aromatic heterocycles. The van der Waals surface area contributed by atoms with Crippen molar-refractivity contribution in [2.75, 3.05) is 18.5 Å². The number of benzene rings is 1. The highest BCUT2D eigenvalue weighted by Crippen LogP contribution is 2.20. The third-order valence-corrected chi connectivity index (χ3v) is 2.38.